The van der Waals surface area contributed by atoms with Crippen LogP contribution in [-0.2, 0) is 11.3 Å². The molecular formula is C17H28F2N4O2. The first-order valence-electron chi connectivity index (χ1n) is 8.21. The second kappa shape index (κ2) is 12.4. The van der Waals surface area contributed by atoms with E-state index >= 15 is 0 Å². The Labute approximate surface area is 148 Å². The number of likely N-dealkylation sites (N-methyl/N-ethyl adjacent to an activating group) is 1. The molecule has 1 aromatic rings. The van der Waals surface area contributed by atoms with E-state index in [9.17, 15) is 8.78 Å². The number of hydrogen-bond donors (Lipinski definition) is 2. The minimum atomic E-state index is -2.84. The number of nitrogens with zero attached hydrogens (tertiary/aromatic N) is 2. The van der Waals surface area contributed by atoms with Gasteiger partial charge in [0.05, 0.1) is 0 Å². The standard InChI is InChI=1S/C17H28F2N4O2/c1-20-17(21-9-11-23(2)10-6-12-24-3)22-13-14-7-4-5-8-15(14)25-16(18)19/h4-5,7-8,16H,6,9-13H2,1-3H3,(H2,20,21,22). The van der Waals surface area contributed by atoms with Crippen molar-refractivity contribution in [1.29, 1.82) is 0 Å². The fourth-order valence-electron chi connectivity index (χ4n) is 2.22. The van der Waals surface area contributed by atoms with E-state index in [1.807, 2.05) is 7.05 Å². The number of methoxy groups -OCH3 is 1. The lowest BCUT2D eigenvalue weighted by molar-refractivity contribution is -0.0504. The minimum Gasteiger partial charge on any atom is -0.434 e. The number of para-hydroxylation sites is 1. The molecule has 0 aliphatic carbocycles. The number of halogens is 2. The highest BCUT2D eigenvalue weighted by Gasteiger charge is 2.09. The molecule has 142 valence electrons. The molecule has 25 heavy (non-hydrogen) atoms. The van der Waals surface area contributed by atoms with E-state index < -0.39 is 6.61 Å². The fourth-order valence-corrected chi connectivity index (χ4v) is 2.22. The number of ether oxygens (including phenoxy) is 2. The molecule has 0 aromatic heterocycles. The lowest BCUT2D eigenvalue weighted by Gasteiger charge is -2.18. The third-order valence-electron chi connectivity index (χ3n) is 3.53. The molecule has 8 heteroatoms. The lowest BCUT2D eigenvalue weighted by atomic mass is 10.2. The van der Waals surface area contributed by atoms with Crippen LogP contribution in [-0.4, -0.2) is 64.9 Å². The number of guanidine groups is 1. The summed E-state index contributed by atoms with van der Waals surface area (Å²) in [5, 5.41) is 6.30. The molecule has 1 rings (SSSR count). The molecule has 0 heterocycles. The topological polar surface area (TPSA) is 58.1 Å². The zero-order valence-electron chi connectivity index (χ0n) is 15.1. The van der Waals surface area contributed by atoms with Gasteiger partial charge in [0, 0.05) is 52.5 Å². The molecule has 0 aliphatic heterocycles. The van der Waals surface area contributed by atoms with Gasteiger partial charge in [0.2, 0.25) is 0 Å². The van der Waals surface area contributed by atoms with Crippen LogP contribution in [0.3, 0.4) is 0 Å². The SMILES string of the molecule is CN=C(NCCN(C)CCCOC)NCc1ccccc1OC(F)F. The number of hydrogen-bond acceptors (Lipinski definition) is 4. The van der Waals surface area contributed by atoms with Crippen molar-refractivity contribution < 1.29 is 18.3 Å². The molecule has 0 spiro atoms. The first kappa shape index (κ1) is 21.1. The highest BCUT2D eigenvalue weighted by molar-refractivity contribution is 5.79. The summed E-state index contributed by atoms with van der Waals surface area (Å²) in [5.41, 5.74) is 0.641. The zero-order valence-corrected chi connectivity index (χ0v) is 15.1. The maximum Gasteiger partial charge on any atom is 0.387 e. The van der Waals surface area contributed by atoms with E-state index in [0.29, 0.717) is 18.1 Å². The molecule has 1 aromatic carbocycles. The largest absolute Gasteiger partial charge is 0.434 e. The summed E-state index contributed by atoms with van der Waals surface area (Å²) in [6.45, 7) is 0.786. The number of benzene rings is 1. The summed E-state index contributed by atoms with van der Waals surface area (Å²) in [7, 11) is 5.41. The van der Waals surface area contributed by atoms with Gasteiger partial charge in [-0.15, -0.1) is 0 Å². The third-order valence-corrected chi connectivity index (χ3v) is 3.53. The van der Waals surface area contributed by atoms with Crippen LogP contribution in [0.1, 0.15) is 12.0 Å². The van der Waals surface area contributed by atoms with Gasteiger partial charge in [0.25, 0.3) is 0 Å². The molecular weight excluding hydrogens is 330 g/mol. The van der Waals surface area contributed by atoms with Gasteiger partial charge in [0.15, 0.2) is 5.96 Å². The minimum absolute atomic E-state index is 0.165. The van der Waals surface area contributed by atoms with Crippen molar-refractivity contribution >= 4 is 5.96 Å². The van der Waals surface area contributed by atoms with Gasteiger partial charge in [-0.3, -0.25) is 4.99 Å². The summed E-state index contributed by atoms with van der Waals surface area (Å²) in [6, 6.07) is 6.70. The molecule has 0 amide bonds. The predicted molar refractivity (Wildman–Crippen MR) is 95.3 cm³/mol. The van der Waals surface area contributed by atoms with Crippen molar-refractivity contribution in [2.45, 2.75) is 19.6 Å². The molecule has 0 aliphatic rings. The van der Waals surface area contributed by atoms with Crippen molar-refractivity contribution in [3.8, 4) is 5.75 Å². The maximum atomic E-state index is 12.4. The Hall–Kier alpha value is -1.93. The van der Waals surface area contributed by atoms with Crippen molar-refractivity contribution in [3.63, 3.8) is 0 Å². The molecule has 0 radical (unpaired) electrons. The van der Waals surface area contributed by atoms with E-state index in [2.05, 4.69) is 25.3 Å². The van der Waals surface area contributed by atoms with E-state index in [1.165, 1.54) is 6.07 Å². The molecule has 0 unspecified atom stereocenters. The van der Waals surface area contributed by atoms with Gasteiger partial charge in [0.1, 0.15) is 5.75 Å². The van der Waals surface area contributed by atoms with E-state index in [4.69, 9.17) is 4.74 Å². The van der Waals surface area contributed by atoms with Gasteiger partial charge in [-0.05, 0) is 19.5 Å². The Kier molecular flexibility index (Phi) is 10.5. The van der Waals surface area contributed by atoms with E-state index in [1.54, 1.807) is 32.4 Å². The van der Waals surface area contributed by atoms with E-state index in [-0.39, 0.29) is 5.75 Å². The molecule has 6 nitrogen and oxygen atoms in total. The molecule has 0 saturated heterocycles. The quantitative estimate of drug-likeness (QED) is 0.360. The average Bonchev–Trinajstić information content (AvgIpc) is 2.59. The Balaban J connectivity index is 2.37. The fraction of sp³-hybridized carbons (Fsp3) is 0.588. The Morgan fingerprint density at radius 1 is 1.24 bits per heavy atom. The Morgan fingerprint density at radius 3 is 2.68 bits per heavy atom. The van der Waals surface area contributed by atoms with Crippen LogP contribution in [0.15, 0.2) is 29.3 Å². The normalized spacial score (nSPS) is 11.9. The molecule has 0 atom stereocenters. The van der Waals surface area contributed by atoms with Crippen LogP contribution < -0.4 is 15.4 Å². The maximum absolute atomic E-state index is 12.4. The van der Waals surface area contributed by atoms with E-state index in [0.717, 1.165) is 32.7 Å². The van der Waals surface area contributed by atoms with Crippen LogP contribution in [0.5, 0.6) is 5.75 Å². The summed E-state index contributed by atoms with van der Waals surface area (Å²) in [4.78, 5) is 6.33. The zero-order chi connectivity index (χ0) is 18.5. The summed E-state index contributed by atoms with van der Waals surface area (Å²) < 4.78 is 34.4. The smallest absolute Gasteiger partial charge is 0.387 e. The first-order valence-corrected chi connectivity index (χ1v) is 8.21. The monoisotopic (exact) mass is 358 g/mol. The highest BCUT2D eigenvalue weighted by Crippen LogP contribution is 2.19. The van der Waals surface area contributed by atoms with Crippen molar-refractivity contribution in [1.82, 2.24) is 15.5 Å². The van der Waals surface area contributed by atoms with Crippen molar-refractivity contribution in [3.05, 3.63) is 29.8 Å². The van der Waals surface area contributed by atoms with Gasteiger partial charge < -0.3 is 25.0 Å². The van der Waals surface area contributed by atoms with Crippen molar-refractivity contribution in [2.24, 2.45) is 4.99 Å². The second-order valence-electron chi connectivity index (χ2n) is 5.49. The highest BCUT2D eigenvalue weighted by atomic mass is 19.3. The molecule has 2 N–H and O–H groups in total. The summed E-state index contributed by atoms with van der Waals surface area (Å²) in [6.07, 6.45) is 0.987. The number of alkyl halides is 2. The van der Waals surface area contributed by atoms with Gasteiger partial charge in [-0.2, -0.15) is 8.78 Å². The summed E-state index contributed by atoms with van der Waals surface area (Å²) in [5.74, 6) is 0.774. The van der Waals surface area contributed by atoms with Crippen LogP contribution >= 0.6 is 0 Å². The third kappa shape index (κ3) is 9.21. The first-order chi connectivity index (χ1) is 12.1. The lowest BCUT2D eigenvalue weighted by Crippen LogP contribution is -2.40. The average molecular weight is 358 g/mol. The number of aliphatic imine (C=N–C) groups is 1. The van der Waals surface area contributed by atoms with Crippen LogP contribution in [0.25, 0.3) is 0 Å². The molecule has 0 fully saturated rings. The Bertz CT molecular complexity index is 515. The van der Waals surface area contributed by atoms with Gasteiger partial charge >= 0.3 is 6.61 Å². The number of nitrogens with one attached hydrogen (secondary N) is 2. The molecule has 0 saturated carbocycles. The van der Waals surface area contributed by atoms with Crippen molar-refractivity contribution in [2.75, 3.05) is 47.4 Å². The molecule has 0 bridgehead atoms. The van der Waals surface area contributed by atoms with Crippen LogP contribution in [0.4, 0.5) is 8.78 Å². The Morgan fingerprint density at radius 2 is 2.00 bits per heavy atom. The van der Waals surface area contributed by atoms with Gasteiger partial charge in [-0.1, -0.05) is 18.2 Å². The number of rotatable bonds is 11. The predicted octanol–water partition coefficient (Wildman–Crippen LogP) is 1.92. The van der Waals surface area contributed by atoms with Crippen LogP contribution in [0, 0.1) is 0 Å². The van der Waals surface area contributed by atoms with Crippen LogP contribution in [0.2, 0.25) is 0 Å². The summed E-state index contributed by atoms with van der Waals surface area (Å²) >= 11 is 0. The van der Waals surface area contributed by atoms with Gasteiger partial charge in [-0.25, -0.2) is 0 Å². The second-order valence-corrected chi connectivity index (χ2v) is 5.49.